The molecule has 0 saturated carbocycles. The number of nitrogens with zero attached hydrogens (tertiary/aromatic N) is 3. The average molecular weight is 338 g/mol. The van der Waals surface area contributed by atoms with E-state index in [9.17, 15) is 4.79 Å². The number of carbonyl (C=O) groups is 1. The first-order chi connectivity index (χ1) is 9.39. The minimum Gasteiger partial charge on any atom is -0.348 e. The van der Waals surface area contributed by atoms with Crippen molar-refractivity contribution in [3.8, 4) is 0 Å². The molecule has 1 saturated heterocycles. The first-order valence-electron chi connectivity index (χ1n) is 6.42. The van der Waals surface area contributed by atoms with E-state index in [0.29, 0.717) is 13.0 Å². The highest BCUT2D eigenvalue weighted by Crippen LogP contribution is 2.29. The molecule has 3 aliphatic rings. The van der Waals surface area contributed by atoms with Gasteiger partial charge in [0.05, 0.1) is 18.0 Å². The van der Waals surface area contributed by atoms with Crippen LogP contribution in [0.15, 0.2) is 27.8 Å². The highest BCUT2D eigenvalue weighted by atomic mass is 79.9. The first-order valence-corrected chi connectivity index (χ1v) is 7.21. The smallest absolute Gasteiger partial charge is 0.231 e. The van der Waals surface area contributed by atoms with E-state index in [0.717, 1.165) is 10.3 Å². The molecule has 20 heavy (non-hydrogen) atoms. The van der Waals surface area contributed by atoms with Crippen molar-refractivity contribution in [1.29, 1.82) is 5.41 Å². The van der Waals surface area contributed by atoms with Crippen molar-refractivity contribution in [1.82, 2.24) is 15.1 Å². The van der Waals surface area contributed by atoms with Gasteiger partial charge in [0.15, 0.2) is 5.96 Å². The molecule has 3 rings (SSSR count). The molecule has 0 aromatic carbocycles. The maximum atomic E-state index is 12.0. The van der Waals surface area contributed by atoms with Crippen LogP contribution in [-0.2, 0) is 4.79 Å². The van der Waals surface area contributed by atoms with Crippen LogP contribution in [-0.4, -0.2) is 52.7 Å². The van der Waals surface area contributed by atoms with Gasteiger partial charge in [-0.25, -0.2) is 0 Å². The molecule has 0 aromatic rings. The normalized spacial score (nSPS) is 32.9. The van der Waals surface area contributed by atoms with E-state index < -0.39 is 5.54 Å². The number of carbonyl (C=O) groups excluding carboxylic acids is 1. The van der Waals surface area contributed by atoms with Gasteiger partial charge in [-0.3, -0.25) is 20.1 Å². The summed E-state index contributed by atoms with van der Waals surface area (Å²) < 4.78 is 1.00. The summed E-state index contributed by atoms with van der Waals surface area (Å²) in [5.41, 5.74) is -0.515. The number of amides is 1. The number of rotatable bonds is 1. The number of guanidine groups is 1. The van der Waals surface area contributed by atoms with Gasteiger partial charge < -0.3 is 10.2 Å². The third-order valence-corrected chi connectivity index (χ3v) is 4.46. The van der Waals surface area contributed by atoms with E-state index in [4.69, 9.17) is 10.4 Å². The highest BCUT2D eigenvalue weighted by molar-refractivity contribution is 9.11. The van der Waals surface area contributed by atoms with E-state index in [-0.39, 0.29) is 17.9 Å². The molecule has 0 spiro atoms. The Bertz CT molecular complexity index is 561. The van der Waals surface area contributed by atoms with Crippen molar-refractivity contribution in [2.45, 2.75) is 24.9 Å². The third-order valence-electron chi connectivity index (χ3n) is 3.99. The van der Waals surface area contributed by atoms with Crippen molar-refractivity contribution >= 4 is 33.6 Å². The molecule has 7 heteroatoms. The second-order valence-electron chi connectivity index (χ2n) is 5.52. The number of hydrogen-bond acceptors (Lipinski definition) is 4. The molecule has 0 radical (unpaired) electrons. The first kappa shape index (κ1) is 13.4. The van der Waals surface area contributed by atoms with Gasteiger partial charge in [0.2, 0.25) is 5.91 Å². The summed E-state index contributed by atoms with van der Waals surface area (Å²) in [6, 6.07) is -0.0604. The minimum atomic E-state index is -0.515. The van der Waals surface area contributed by atoms with Crippen LogP contribution >= 0.6 is 15.9 Å². The standard InChI is InChI=1S/C13H16BrN5O/c1-13(5-11(20)18(2)12(15)17-13)9-7-19-6-8(14)3-4-10(19)16-9/h3-4,6,9H,5,7H2,1-2H3,(H2,15,17)/t9?,13-/m0/s1. The lowest BCUT2D eigenvalue weighted by Crippen LogP contribution is -2.64. The predicted molar refractivity (Wildman–Crippen MR) is 80.7 cm³/mol. The fourth-order valence-electron chi connectivity index (χ4n) is 2.66. The molecule has 106 valence electrons. The number of allylic oxidation sites excluding steroid dienone is 2. The molecule has 2 N–H and O–H groups in total. The lowest BCUT2D eigenvalue weighted by atomic mass is 9.87. The van der Waals surface area contributed by atoms with Crippen molar-refractivity contribution in [2.24, 2.45) is 4.99 Å². The van der Waals surface area contributed by atoms with E-state index in [1.807, 2.05) is 25.3 Å². The Morgan fingerprint density at radius 1 is 1.55 bits per heavy atom. The van der Waals surface area contributed by atoms with Crippen LogP contribution in [0.2, 0.25) is 0 Å². The number of fused-ring (bicyclic) bond motifs is 1. The van der Waals surface area contributed by atoms with Crippen LogP contribution in [0.3, 0.4) is 0 Å². The number of halogens is 1. The fraction of sp³-hybridized carbons (Fsp3) is 0.462. The Balaban J connectivity index is 1.84. The molecule has 2 atom stereocenters. The molecule has 1 amide bonds. The van der Waals surface area contributed by atoms with Crippen LogP contribution in [0.25, 0.3) is 0 Å². The van der Waals surface area contributed by atoms with Crippen LogP contribution in [0.5, 0.6) is 0 Å². The Hall–Kier alpha value is -1.63. The van der Waals surface area contributed by atoms with Gasteiger partial charge in [-0.1, -0.05) is 0 Å². The molecule has 0 bridgehead atoms. The van der Waals surface area contributed by atoms with E-state index in [2.05, 4.69) is 26.1 Å². The molecule has 3 heterocycles. The lowest BCUT2D eigenvalue weighted by Gasteiger charge is -2.41. The topological polar surface area (TPSA) is 71.8 Å². The van der Waals surface area contributed by atoms with Crippen LogP contribution < -0.4 is 5.32 Å². The maximum absolute atomic E-state index is 12.0. The van der Waals surface area contributed by atoms with Gasteiger partial charge in [-0.15, -0.1) is 0 Å². The Kier molecular flexibility index (Phi) is 2.97. The highest BCUT2D eigenvalue weighted by Gasteiger charge is 2.45. The number of hydrogen-bond donors (Lipinski definition) is 2. The van der Waals surface area contributed by atoms with E-state index in [1.165, 1.54) is 4.90 Å². The predicted octanol–water partition coefficient (Wildman–Crippen LogP) is 1.02. The van der Waals surface area contributed by atoms with Gasteiger partial charge in [0.25, 0.3) is 0 Å². The van der Waals surface area contributed by atoms with Crippen molar-refractivity contribution in [2.75, 3.05) is 13.6 Å². The average Bonchev–Trinajstić information content (AvgIpc) is 2.79. The maximum Gasteiger partial charge on any atom is 0.231 e. The quantitative estimate of drug-likeness (QED) is 0.750. The van der Waals surface area contributed by atoms with Gasteiger partial charge in [0, 0.05) is 24.3 Å². The van der Waals surface area contributed by atoms with Crippen molar-refractivity contribution in [3.05, 3.63) is 22.8 Å². The zero-order chi connectivity index (χ0) is 14.5. The zero-order valence-electron chi connectivity index (χ0n) is 11.4. The molecular weight excluding hydrogens is 322 g/mol. The molecule has 1 fully saturated rings. The summed E-state index contributed by atoms with van der Waals surface area (Å²) in [7, 11) is 1.61. The lowest BCUT2D eigenvalue weighted by molar-refractivity contribution is -0.129. The van der Waals surface area contributed by atoms with Gasteiger partial charge in [0.1, 0.15) is 5.84 Å². The number of nitrogens with one attached hydrogen (secondary N) is 2. The number of amidine groups is 1. The molecule has 3 aliphatic heterocycles. The molecule has 6 nitrogen and oxygen atoms in total. The summed E-state index contributed by atoms with van der Waals surface area (Å²) in [5, 5.41) is 11.0. The Morgan fingerprint density at radius 3 is 3.00 bits per heavy atom. The molecule has 1 unspecified atom stereocenters. The van der Waals surface area contributed by atoms with Crippen molar-refractivity contribution in [3.63, 3.8) is 0 Å². The second kappa shape index (κ2) is 4.44. The monoisotopic (exact) mass is 337 g/mol. The van der Waals surface area contributed by atoms with Crippen molar-refractivity contribution < 1.29 is 4.79 Å². The second-order valence-corrected chi connectivity index (χ2v) is 6.44. The van der Waals surface area contributed by atoms with Gasteiger partial charge >= 0.3 is 0 Å². The van der Waals surface area contributed by atoms with E-state index >= 15 is 0 Å². The molecular formula is C13H16BrN5O. The molecule has 0 aliphatic carbocycles. The third kappa shape index (κ3) is 2.06. The van der Waals surface area contributed by atoms with Gasteiger partial charge in [-0.05, 0) is 35.0 Å². The Labute approximate surface area is 125 Å². The number of aliphatic imine (C=N–C) groups is 1. The zero-order valence-corrected chi connectivity index (χ0v) is 12.9. The Morgan fingerprint density at radius 2 is 2.30 bits per heavy atom. The molecule has 0 aromatic heterocycles. The van der Waals surface area contributed by atoms with Crippen LogP contribution in [0, 0.1) is 5.41 Å². The van der Waals surface area contributed by atoms with E-state index in [1.54, 1.807) is 7.05 Å². The fourth-order valence-corrected chi connectivity index (χ4v) is 3.04. The SMILES string of the molecule is CN1C(=N)N[C@](C)(C2CN3C=C(Br)C=CC3=N2)CC1=O. The summed E-state index contributed by atoms with van der Waals surface area (Å²) in [6.07, 6.45) is 6.24. The summed E-state index contributed by atoms with van der Waals surface area (Å²) >= 11 is 3.45. The minimum absolute atomic E-state index is 0.0476. The van der Waals surface area contributed by atoms with Gasteiger partial charge in [-0.2, -0.15) is 0 Å². The summed E-state index contributed by atoms with van der Waals surface area (Å²) in [5.74, 6) is 0.994. The largest absolute Gasteiger partial charge is 0.348 e. The summed E-state index contributed by atoms with van der Waals surface area (Å²) in [6.45, 7) is 2.67. The van der Waals surface area contributed by atoms with Crippen LogP contribution in [0.1, 0.15) is 13.3 Å². The summed E-state index contributed by atoms with van der Waals surface area (Å²) in [4.78, 5) is 20.1. The van der Waals surface area contributed by atoms with Crippen LogP contribution in [0.4, 0.5) is 0 Å².